The zero-order chi connectivity index (χ0) is 9.56. The minimum absolute atomic E-state index is 0.145. The molecule has 6 heteroatoms. The number of hydrogen-bond acceptors (Lipinski definition) is 5. The van der Waals surface area contributed by atoms with Gasteiger partial charge in [-0.25, -0.2) is 9.59 Å². The van der Waals surface area contributed by atoms with Crippen molar-refractivity contribution in [3.05, 3.63) is 0 Å². The Balaban J connectivity index is 3.69. The van der Waals surface area contributed by atoms with Crippen molar-refractivity contribution in [2.24, 2.45) is 0 Å². The Morgan fingerprint density at radius 2 is 1.83 bits per heavy atom. The Bertz CT molecular complexity index is 196. The van der Waals surface area contributed by atoms with E-state index in [4.69, 9.17) is 10.2 Å². The molecule has 0 aromatic heterocycles. The number of hydrogen-bond donors (Lipinski definition) is 2. The molecule has 0 rings (SSSR count). The predicted octanol–water partition coefficient (Wildman–Crippen LogP) is -1.09. The fraction of sp³-hybridized carbons (Fsp3) is 0.500. The molecule has 0 aliphatic heterocycles. The van der Waals surface area contributed by atoms with Gasteiger partial charge >= 0.3 is 17.9 Å². The highest BCUT2D eigenvalue weighted by molar-refractivity contribution is 6.30. The SMILES string of the molecule is O=C(CCCO)OC(=O)C(=O)O. The quantitative estimate of drug-likeness (QED) is 0.322. The third-order valence-electron chi connectivity index (χ3n) is 0.920. The van der Waals surface area contributed by atoms with E-state index in [2.05, 4.69) is 4.74 Å². The lowest BCUT2D eigenvalue weighted by Crippen LogP contribution is -2.20. The van der Waals surface area contributed by atoms with Crippen LogP contribution in [0.15, 0.2) is 0 Å². The Morgan fingerprint density at radius 1 is 1.25 bits per heavy atom. The van der Waals surface area contributed by atoms with Crippen LogP contribution in [0.1, 0.15) is 12.8 Å². The monoisotopic (exact) mass is 176 g/mol. The summed E-state index contributed by atoms with van der Waals surface area (Å²) in [4.78, 5) is 30.5. The van der Waals surface area contributed by atoms with E-state index in [0.29, 0.717) is 0 Å². The van der Waals surface area contributed by atoms with Crippen LogP contribution in [0, 0.1) is 0 Å². The van der Waals surface area contributed by atoms with Crippen molar-refractivity contribution in [3.8, 4) is 0 Å². The lowest BCUT2D eigenvalue weighted by molar-refractivity contribution is -0.170. The third kappa shape index (κ3) is 4.40. The summed E-state index contributed by atoms with van der Waals surface area (Å²) in [5, 5.41) is 16.2. The van der Waals surface area contributed by atoms with E-state index in [0.717, 1.165) is 0 Å². The number of aliphatic hydroxyl groups excluding tert-OH is 1. The average Bonchev–Trinajstić information content (AvgIpc) is 2.00. The van der Waals surface area contributed by atoms with Crippen LogP contribution in [0.25, 0.3) is 0 Å². The van der Waals surface area contributed by atoms with E-state index in [1.54, 1.807) is 0 Å². The first-order valence-corrected chi connectivity index (χ1v) is 3.16. The van der Waals surface area contributed by atoms with Gasteiger partial charge in [-0.2, -0.15) is 0 Å². The fourth-order valence-electron chi connectivity index (χ4n) is 0.421. The van der Waals surface area contributed by atoms with Gasteiger partial charge in [-0.15, -0.1) is 0 Å². The first-order valence-electron chi connectivity index (χ1n) is 3.16. The van der Waals surface area contributed by atoms with Gasteiger partial charge in [-0.3, -0.25) is 4.79 Å². The van der Waals surface area contributed by atoms with Crippen LogP contribution in [0.5, 0.6) is 0 Å². The molecule has 0 amide bonds. The van der Waals surface area contributed by atoms with E-state index in [1.807, 2.05) is 0 Å². The summed E-state index contributed by atoms with van der Waals surface area (Å²) in [6.07, 6.45) is -0.0265. The van der Waals surface area contributed by atoms with Gasteiger partial charge in [0.25, 0.3) is 0 Å². The van der Waals surface area contributed by atoms with Crippen molar-refractivity contribution in [2.45, 2.75) is 12.8 Å². The van der Waals surface area contributed by atoms with E-state index in [1.165, 1.54) is 0 Å². The summed E-state index contributed by atoms with van der Waals surface area (Å²) in [7, 11) is 0. The molecule has 0 spiro atoms. The largest absolute Gasteiger partial charge is 0.473 e. The molecule has 0 aromatic rings. The molecule has 0 saturated carbocycles. The summed E-state index contributed by atoms with van der Waals surface area (Å²) < 4.78 is 3.83. The standard InChI is InChI=1S/C6H8O6/c7-3-1-2-4(8)12-6(11)5(9)10/h7H,1-3H2,(H,9,10). The topological polar surface area (TPSA) is 101 Å². The summed E-state index contributed by atoms with van der Waals surface area (Å²) in [6, 6.07) is 0. The highest BCUT2D eigenvalue weighted by Crippen LogP contribution is 1.91. The van der Waals surface area contributed by atoms with Gasteiger partial charge in [-0.1, -0.05) is 0 Å². The molecule has 0 radical (unpaired) electrons. The maximum atomic E-state index is 10.5. The first-order chi connectivity index (χ1) is 5.57. The number of carboxylic acids is 1. The molecule has 0 unspecified atom stereocenters. The zero-order valence-corrected chi connectivity index (χ0v) is 6.15. The molecule has 0 atom stereocenters. The third-order valence-corrected chi connectivity index (χ3v) is 0.920. The number of rotatable bonds is 3. The number of aliphatic carboxylic acids is 1. The second-order valence-electron chi connectivity index (χ2n) is 1.89. The van der Waals surface area contributed by atoms with E-state index in [9.17, 15) is 14.4 Å². The number of carboxylic acid groups (broad SMARTS) is 1. The van der Waals surface area contributed by atoms with Gasteiger partial charge < -0.3 is 14.9 Å². The molecule has 0 aliphatic carbocycles. The first kappa shape index (κ1) is 10.6. The highest BCUT2D eigenvalue weighted by atomic mass is 16.6. The number of carbonyl (C=O) groups is 3. The van der Waals surface area contributed by atoms with E-state index < -0.39 is 17.9 Å². The maximum absolute atomic E-state index is 10.5. The highest BCUT2D eigenvalue weighted by Gasteiger charge is 2.17. The molecule has 0 fully saturated rings. The predicted molar refractivity (Wildman–Crippen MR) is 35.1 cm³/mol. The molecule has 0 bridgehead atoms. The Kier molecular flexibility index (Phi) is 4.62. The summed E-state index contributed by atoms with van der Waals surface area (Å²) in [6.45, 7) is -0.212. The minimum Gasteiger partial charge on any atom is -0.473 e. The molecule has 68 valence electrons. The van der Waals surface area contributed by atoms with E-state index in [-0.39, 0.29) is 19.4 Å². The van der Waals surface area contributed by atoms with Crippen LogP contribution < -0.4 is 0 Å². The van der Waals surface area contributed by atoms with Crippen LogP contribution >= 0.6 is 0 Å². The molecule has 0 aromatic carbocycles. The van der Waals surface area contributed by atoms with Crippen molar-refractivity contribution in [2.75, 3.05) is 6.61 Å². The molecule has 2 N–H and O–H groups in total. The Hall–Kier alpha value is -1.43. The molecule has 6 nitrogen and oxygen atoms in total. The average molecular weight is 176 g/mol. The number of aliphatic hydroxyl groups is 1. The van der Waals surface area contributed by atoms with E-state index >= 15 is 0 Å². The molecule has 12 heavy (non-hydrogen) atoms. The lowest BCUT2D eigenvalue weighted by Gasteiger charge is -1.97. The molecule has 0 saturated heterocycles. The van der Waals surface area contributed by atoms with Crippen LogP contribution in [-0.2, 0) is 19.1 Å². The number of ether oxygens (including phenoxy) is 1. The van der Waals surface area contributed by atoms with Gasteiger partial charge in [-0.05, 0) is 6.42 Å². The summed E-state index contributed by atoms with van der Waals surface area (Å²) >= 11 is 0. The second kappa shape index (κ2) is 5.25. The number of carbonyl (C=O) groups excluding carboxylic acids is 2. The van der Waals surface area contributed by atoms with Crippen molar-refractivity contribution in [1.29, 1.82) is 0 Å². The van der Waals surface area contributed by atoms with Crippen LogP contribution in [0.3, 0.4) is 0 Å². The molecule has 0 heterocycles. The maximum Gasteiger partial charge on any atom is 0.424 e. The van der Waals surface area contributed by atoms with Gasteiger partial charge in [0, 0.05) is 13.0 Å². The van der Waals surface area contributed by atoms with Crippen LogP contribution in [0.2, 0.25) is 0 Å². The van der Waals surface area contributed by atoms with Crippen molar-refractivity contribution < 1.29 is 29.3 Å². The van der Waals surface area contributed by atoms with Gasteiger partial charge in [0.2, 0.25) is 0 Å². The van der Waals surface area contributed by atoms with Crippen molar-refractivity contribution >= 4 is 17.9 Å². The Labute approximate surface area is 67.8 Å². The molecular formula is C6H8O6. The molecular weight excluding hydrogens is 168 g/mol. The summed E-state index contributed by atoms with van der Waals surface area (Å²) in [5.41, 5.74) is 0. The molecule has 0 aliphatic rings. The van der Waals surface area contributed by atoms with Crippen LogP contribution in [0.4, 0.5) is 0 Å². The van der Waals surface area contributed by atoms with Crippen molar-refractivity contribution in [1.82, 2.24) is 0 Å². The summed E-state index contributed by atoms with van der Waals surface area (Å²) in [5.74, 6) is -4.36. The Morgan fingerprint density at radius 3 is 2.25 bits per heavy atom. The fourth-order valence-corrected chi connectivity index (χ4v) is 0.421. The van der Waals surface area contributed by atoms with Gasteiger partial charge in [0.15, 0.2) is 0 Å². The normalized spacial score (nSPS) is 9.08. The second-order valence-corrected chi connectivity index (χ2v) is 1.89. The van der Waals surface area contributed by atoms with Crippen molar-refractivity contribution in [3.63, 3.8) is 0 Å². The smallest absolute Gasteiger partial charge is 0.424 e. The minimum atomic E-state index is -1.81. The number of esters is 2. The lowest BCUT2D eigenvalue weighted by atomic mass is 10.3. The van der Waals surface area contributed by atoms with Gasteiger partial charge in [0.05, 0.1) is 0 Å². The van der Waals surface area contributed by atoms with Gasteiger partial charge in [0.1, 0.15) is 0 Å². The van der Waals surface area contributed by atoms with Crippen LogP contribution in [-0.4, -0.2) is 34.7 Å². The zero-order valence-electron chi connectivity index (χ0n) is 6.15.